The highest BCUT2D eigenvalue weighted by Crippen LogP contribution is 2.38. The summed E-state index contributed by atoms with van der Waals surface area (Å²) in [6.45, 7) is 4.82. The summed E-state index contributed by atoms with van der Waals surface area (Å²) in [5.41, 5.74) is 1.41. The van der Waals surface area contributed by atoms with E-state index in [4.69, 9.17) is 0 Å². The second kappa shape index (κ2) is 7.83. The smallest absolute Gasteiger partial charge is 0.235 e. The molecule has 0 spiro atoms. The maximum atomic E-state index is 13.4. The molecule has 0 saturated heterocycles. The number of nitrogens with one attached hydrogen (secondary N) is 1. The molecule has 0 fully saturated rings. The van der Waals surface area contributed by atoms with E-state index in [0.717, 1.165) is 22.0 Å². The Kier molecular flexibility index (Phi) is 6.02. The Hall–Kier alpha value is -2.13. The first-order valence-electron chi connectivity index (χ1n) is 9.03. The number of benzene rings is 2. The molecule has 1 N–H and O–H groups in total. The zero-order valence-electron chi connectivity index (χ0n) is 16.1. The van der Waals surface area contributed by atoms with E-state index in [0.29, 0.717) is 12.6 Å². The van der Waals surface area contributed by atoms with Gasteiger partial charge in [-0.15, -0.1) is 0 Å². The Morgan fingerprint density at radius 3 is 1.76 bits per heavy atom. The van der Waals surface area contributed by atoms with E-state index in [1.165, 1.54) is 0 Å². The number of hydrogen-bond donors (Lipinski definition) is 1. The topological polar surface area (TPSA) is 29.1 Å². The molecule has 3 heteroatoms. The summed E-state index contributed by atoms with van der Waals surface area (Å²) in [7, 11) is 6.55. The summed E-state index contributed by atoms with van der Waals surface area (Å²) >= 11 is 0. The Morgan fingerprint density at radius 2 is 1.40 bits per heavy atom. The molecule has 2 aromatic carbocycles. The average Bonchev–Trinajstić information content (AvgIpc) is 2.60. The molecule has 0 aliphatic carbocycles. The van der Waals surface area contributed by atoms with Crippen molar-refractivity contribution in [1.29, 1.82) is 0 Å². The number of likely N-dealkylation sites (N-methyl/N-ethyl adjacent to an activating group) is 1. The maximum Gasteiger partial charge on any atom is 0.235 e. The van der Waals surface area contributed by atoms with Crippen molar-refractivity contribution in [2.24, 2.45) is 0 Å². The summed E-state index contributed by atoms with van der Waals surface area (Å²) in [6, 6.07) is 20.7. The molecule has 3 nitrogen and oxygen atoms in total. The van der Waals surface area contributed by atoms with Crippen LogP contribution in [-0.2, 0) is 10.2 Å². The van der Waals surface area contributed by atoms with Crippen molar-refractivity contribution in [2.75, 3.05) is 27.7 Å². The van der Waals surface area contributed by atoms with E-state index < -0.39 is 5.41 Å². The van der Waals surface area contributed by atoms with Crippen molar-refractivity contribution < 1.29 is 9.28 Å². The van der Waals surface area contributed by atoms with Gasteiger partial charge in [0, 0.05) is 13.0 Å². The first-order chi connectivity index (χ1) is 11.8. The summed E-state index contributed by atoms with van der Waals surface area (Å²) in [4.78, 5) is 13.4. The summed E-state index contributed by atoms with van der Waals surface area (Å²) in [5.74, 6) is 0.0766. The predicted molar refractivity (Wildman–Crippen MR) is 104 cm³/mol. The minimum Gasteiger partial charge on any atom is -0.355 e. The van der Waals surface area contributed by atoms with Gasteiger partial charge in [0.15, 0.2) is 0 Å². The first kappa shape index (κ1) is 19.2. The molecule has 0 heterocycles. The molecule has 0 saturated carbocycles. The normalized spacial score (nSPS) is 13.3. The van der Waals surface area contributed by atoms with E-state index in [-0.39, 0.29) is 5.91 Å². The van der Waals surface area contributed by atoms with Gasteiger partial charge in [0.05, 0.1) is 27.2 Å². The molecule has 2 rings (SSSR count). The van der Waals surface area contributed by atoms with E-state index in [1.807, 2.05) is 43.3 Å². The zero-order valence-corrected chi connectivity index (χ0v) is 16.1. The molecule has 0 aromatic heterocycles. The van der Waals surface area contributed by atoms with Gasteiger partial charge in [0.25, 0.3) is 0 Å². The summed E-state index contributed by atoms with van der Waals surface area (Å²) < 4.78 is 0.806. The number of amides is 1. The first-order valence-corrected chi connectivity index (χ1v) is 9.03. The van der Waals surface area contributed by atoms with E-state index in [1.54, 1.807) is 0 Å². The molecule has 0 radical (unpaired) electrons. The van der Waals surface area contributed by atoms with Gasteiger partial charge in [-0.1, -0.05) is 60.7 Å². The molecule has 1 amide bonds. The Morgan fingerprint density at radius 1 is 0.960 bits per heavy atom. The van der Waals surface area contributed by atoms with Gasteiger partial charge in [0.1, 0.15) is 5.41 Å². The third-order valence-corrected chi connectivity index (χ3v) is 5.18. The van der Waals surface area contributed by atoms with Gasteiger partial charge in [0.2, 0.25) is 5.91 Å². The molecule has 2 aromatic rings. The summed E-state index contributed by atoms with van der Waals surface area (Å²) in [5, 5.41) is 3.09. The highest BCUT2D eigenvalue weighted by molar-refractivity contribution is 5.92. The van der Waals surface area contributed by atoms with Crippen LogP contribution in [0, 0.1) is 0 Å². The predicted octanol–water partition coefficient (Wildman–Crippen LogP) is 3.59. The number of carbonyl (C=O) groups is 1. The van der Waals surface area contributed by atoms with E-state index in [2.05, 4.69) is 57.6 Å². The summed E-state index contributed by atoms with van der Waals surface area (Å²) in [6.07, 6.45) is 0.746. The van der Waals surface area contributed by atoms with E-state index in [9.17, 15) is 4.79 Å². The second-order valence-electron chi connectivity index (χ2n) is 7.67. The Labute approximate surface area is 152 Å². The number of quaternary nitrogens is 1. The third kappa shape index (κ3) is 4.10. The second-order valence-corrected chi connectivity index (χ2v) is 7.67. The van der Waals surface area contributed by atoms with Crippen molar-refractivity contribution in [3.8, 4) is 0 Å². The van der Waals surface area contributed by atoms with Crippen molar-refractivity contribution >= 4 is 5.91 Å². The van der Waals surface area contributed by atoms with Crippen LogP contribution < -0.4 is 5.32 Å². The lowest BCUT2D eigenvalue weighted by molar-refractivity contribution is -0.894. The fourth-order valence-electron chi connectivity index (χ4n) is 3.23. The maximum absolute atomic E-state index is 13.4. The van der Waals surface area contributed by atoms with Gasteiger partial charge >= 0.3 is 0 Å². The van der Waals surface area contributed by atoms with Gasteiger partial charge in [-0.25, -0.2) is 0 Å². The quantitative estimate of drug-likeness (QED) is 0.768. The molecule has 0 aliphatic heterocycles. The fourth-order valence-corrected chi connectivity index (χ4v) is 3.23. The standard InChI is InChI=1S/C22H30N2O/c1-6-23-21(25)22(17-18(2)24(3,4)5,19-13-9-7-10-14-19)20-15-11-8-12-16-20/h7-16,18H,6,17H2,1-5H3/p+1. The van der Waals surface area contributed by atoms with Gasteiger partial charge in [-0.05, 0) is 25.0 Å². The minimum atomic E-state index is -0.691. The van der Waals surface area contributed by atoms with Crippen LogP contribution >= 0.6 is 0 Å². The van der Waals surface area contributed by atoms with E-state index >= 15 is 0 Å². The van der Waals surface area contributed by atoms with Crippen molar-refractivity contribution in [3.05, 3.63) is 71.8 Å². The van der Waals surface area contributed by atoms with Crippen LogP contribution in [-0.4, -0.2) is 44.1 Å². The van der Waals surface area contributed by atoms with Crippen molar-refractivity contribution in [2.45, 2.75) is 31.7 Å². The van der Waals surface area contributed by atoms with Crippen LogP contribution in [0.4, 0.5) is 0 Å². The highest BCUT2D eigenvalue weighted by Gasteiger charge is 2.45. The number of hydrogen-bond acceptors (Lipinski definition) is 1. The van der Waals surface area contributed by atoms with Crippen LogP contribution in [0.15, 0.2) is 60.7 Å². The Balaban J connectivity index is 2.68. The van der Waals surface area contributed by atoms with Gasteiger partial charge in [-0.2, -0.15) is 0 Å². The lowest BCUT2D eigenvalue weighted by Gasteiger charge is -2.40. The van der Waals surface area contributed by atoms with Crippen LogP contribution in [0.25, 0.3) is 0 Å². The molecule has 1 atom stereocenters. The molecule has 0 bridgehead atoms. The number of nitrogens with zero attached hydrogens (tertiary/aromatic N) is 1. The van der Waals surface area contributed by atoms with Gasteiger partial charge in [-0.3, -0.25) is 4.79 Å². The van der Waals surface area contributed by atoms with Crippen LogP contribution in [0.3, 0.4) is 0 Å². The fraction of sp³-hybridized carbons (Fsp3) is 0.409. The minimum absolute atomic E-state index is 0.0766. The Bertz CT molecular complexity index is 635. The van der Waals surface area contributed by atoms with Crippen molar-refractivity contribution in [1.82, 2.24) is 5.32 Å². The van der Waals surface area contributed by atoms with Gasteiger partial charge < -0.3 is 9.80 Å². The molecule has 134 valence electrons. The lowest BCUT2D eigenvalue weighted by Crippen LogP contribution is -2.52. The van der Waals surface area contributed by atoms with Crippen LogP contribution in [0.2, 0.25) is 0 Å². The molecular formula is C22H31N2O+. The SMILES string of the molecule is CCNC(=O)C(CC(C)[N+](C)(C)C)(c1ccccc1)c1ccccc1. The molecule has 1 unspecified atom stereocenters. The largest absolute Gasteiger partial charge is 0.355 e. The monoisotopic (exact) mass is 339 g/mol. The zero-order chi connectivity index (χ0) is 18.5. The van der Waals surface area contributed by atoms with Crippen molar-refractivity contribution in [3.63, 3.8) is 0 Å². The molecule has 25 heavy (non-hydrogen) atoms. The lowest BCUT2D eigenvalue weighted by atomic mass is 9.69. The molecular weight excluding hydrogens is 308 g/mol. The average molecular weight is 340 g/mol. The molecule has 0 aliphatic rings. The third-order valence-electron chi connectivity index (χ3n) is 5.18. The van der Waals surface area contributed by atoms with Crippen LogP contribution in [0.1, 0.15) is 31.4 Å². The van der Waals surface area contributed by atoms with Crippen LogP contribution in [0.5, 0.6) is 0 Å². The highest BCUT2D eigenvalue weighted by atomic mass is 16.2. The number of rotatable bonds is 7. The number of carbonyl (C=O) groups excluding carboxylic acids is 1.